The van der Waals surface area contributed by atoms with E-state index in [0.29, 0.717) is 13.2 Å². The van der Waals surface area contributed by atoms with Gasteiger partial charge in [-0.3, -0.25) is 0 Å². The van der Waals surface area contributed by atoms with E-state index in [2.05, 4.69) is 58.0 Å². The molecule has 0 aliphatic heterocycles. The summed E-state index contributed by atoms with van der Waals surface area (Å²) in [6.07, 6.45) is 0. The fraction of sp³-hybridized carbons (Fsp3) is 0.333. The van der Waals surface area contributed by atoms with Crippen molar-refractivity contribution in [2.45, 2.75) is 27.7 Å². The van der Waals surface area contributed by atoms with E-state index in [0.717, 1.165) is 17.1 Å². The first-order valence-corrected chi connectivity index (χ1v) is 6.96. The van der Waals surface area contributed by atoms with Crippen molar-refractivity contribution >= 4 is 0 Å². The van der Waals surface area contributed by atoms with Crippen LogP contribution >= 0.6 is 0 Å². The highest BCUT2D eigenvalue weighted by Crippen LogP contribution is 2.19. The molecular formula is C18H22O2. The summed E-state index contributed by atoms with van der Waals surface area (Å²) in [5.74, 6) is 1.84. The molecule has 0 unspecified atom stereocenters. The van der Waals surface area contributed by atoms with Crippen molar-refractivity contribution in [1.29, 1.82) is 0 Å². The minimum atomic E-state index is 0.551. The van der Waals surface area contributed by atoms with Crippen LogP contribution in [0.1, 0.15) is 22.3 Å². The average molecular weight is 270 g/mol. The number of hydrogen-bond acceptors (Lipinski definition) is 2. The molecule has 0 amide bonds. The van der Waals surface area contributed by atoms with E-state index < -0.39 is 0 Å². The topological polar surface area (TPSA) is 18.5 Å². The number of aryl methyl sites for hydroxylation is 4. The van der Waals surface area contributed by atoms with Crippen molar-refractivity contribution in [3.63, 3.8) is 0 Å². The van der Waals surface area contributed by atoms with Gasteiger partial charge >= 0.3 is 0 Å². The summed E-state index contributed by atoms with van der Waals surface area (Å²) in [7, 11) is 0. The average Bonchev–Trinajstić information content (AvgIpc) is 2.42. The highest BCUT2D eigenvalue weighted by atomic mass is 16.5. The standard InChI is InChI=1S/C18H22O2/c1-13-5-6-15(3)18(11-13)20-10-9-19-17-8-7-14(2)16(4)12-17/h5-8,11-12H,9-10H2,1-4H3. The van der Waals surface area contributed by atoms with Gasteiger partial charge < -0.3 is 9.47 Å². The van der Waals surface area contributed by atoms with Gasteiger partial charge in [-0.2, -0.15) is 0 Å². The molecule has 0 radical (unpaired) electrons. The summed E-state index contributed by atoms with van der Waals surface area (Å²) in [4.78, 5) is 0. The van der Waals surface area contributed by atoms with Crippen LogP contribution in [0.4, 0.5) is 0 Å². The molecule has 20 heavy (non-hydrogen) atoms. The van der Waals surface area contributed by atoms with Gasteiger partial charge in [0, 0.05) is 0 Å². The molecule has 2 heteroatoms. The van der Waals surface area contributed by atoms with Gasteiger partial charge in [-0.25, -0.2) is 0 Å². The second-order valence-corrected chi connectivity index (χ2v) is 5.21. The largest absolute Gasteiger partial charge is 0.490 e. The Kier molecular flexibility index (Phi) is 4.67. The van der Waals surface area contributed by atoms with Gasteiger partial charge in [-0.1, -0.05) is 18.2 Å². The number of benzene rings is 2. The van der Waals surface area contributed by atoms with E-state index in [1.54, 1.807) is 0 Å². The molecular weight excluding hydrogens is 248 g/mol. The molecule has 2 aromatic rings. The van der Waals surface area contributed by atoms with Crippen LogP contribution in [-0.4, -0.2) is 13.2 Å². The molecule has 0 atom stereocenters. The van der Waals surface area contributed by atoms with Crippen molar-refractivity contribution in [2.24, 2.45) is 0 Å². The van der Waals surface area contributed by atoms with Crippen molar-refractivity contribution in [1.82, 2.24) is 0 Å². The first-order chi connectivity index (χ1) is 9.56. The van der Waals surface area contributed by atoms with Crippen LogP contribution < -0.4 is 9.47 Å². The van der Waals surface area contributed by atoms with Gasteiger partial charge in [-0.05, 0) is 68.1 Å². The monoisotopic (exact) mass is 270 g/mol. The highest BCUT2D eigenvalue weighted by molar-refractivity contribution is 5.36. The molecule has 2 aromatic carbocycles. The molecule has 0 saturated carbocycles. The van der Waals surface area contributed by atoms with Gasteiger partial charge in [0.1, 0.15) is 24.7 Å². The van der Waals surface area contributed by atoms with Crippen molar-refractivity contribution in [3.8, 4) is 11.5 Å². The van der Waals surface area contributed by atoms with Gasteiger partial charge in [0.25, 0.3) is 0 Å². The normalized spacial score (nSPS) is 10.4. The molecule has 2 rings (SSSR count). The predicted molar refractivity (Wildman–Crippen MR) is 82.8 cm³/mol. The Morgan fingerprint density at radius 3 is 2.15 bits per heavy atom. The maximum absolute atomic E-state index is 5.77. The zero-order chi connectivity index (χ0) is 14.5. The summed E-state index contributed by atoms with van der Waals surface area (Å²) >= 11 is 0. The minimum absolute atomic E-state index is 0.551. The molecule has 0 aliphatic carbocycles. The smallest absolute Gasteiger partial charge is 0.122 e. The van der Waals surface area contributed by atoms with Gasteiger partial charge in [-0.15, -0.1) is 0 Å². The second kappa shape index (κ2) is 6.47. The first-order valence-electron chi connectivity index (χ1n) is 6.96. The third-order valence-electron chi connectivity index (χ3n) is 3.43. The highest BCUT2D eigenvalue weighted by Gasteiger charge is 2.01. The molecule has 0 fully saturated rings. The summed E-state index contributed by atoms with van der Waals surface area (Å²) in [5, 5.41) is 0. The van der Waals surface area contributed by atoms with Crippen molar-refractivity contribution in [2.75, 3.05) is 13.2 Å². The molecule has 0 aromatic heterocycles. The van der Waals surface area contributed by atoms with Gasteiger partial charge in [0.05, 0.1) is 0 Å². The molecule has 2 nitrogen and oxygen atoms in total. The SMILES string of the molecule is Cc1ccc(C)c(OCCOc2ccc(C)c(C)c2)c1. The number of hydrogen-bond donors (Lipinski definition) is 0. The van der Waals surface area contributed by atoms with Crippen LogP contribution in [0.5, 0.6) is 11.5 Å². The Labute approximate surface area is 121 Å². The number of ether oxygens (including phenoxy) is 2. The third-order valence-corrected chi connectivity index (χ3v) is 3.43. The lowest BCUT2D eigenvalue weighted by Crippen LogP contribution is -2.09. The molecule has 0 saturated heterocycles. The van der Waals surface area contributed by atoms with E-state index >= 15 is 0 Å². The van der Waals surface area contributed by atoms with Gasteiger partial charge in [0.2, 0.25) is 0 Å². The maximum Gasteiger partial charge on any atom is 0.122 e. The number of rotatable bonds is 5. The van der Waals surface area contributed by atoms with E-state index in [1.807, 2.05) is 6.07 Å². The van der Waals surface area contributed by atoms with Crippen LogP contribution in [0.15, 0.2) is 36.4 Å². The minimum Gasteiger partial charge on any atom is -0.490 e. The first kappa shape index (κ1) is 14.4. The van der Waals surface area contributed by atoms with Crippen LogP contribution in [0.3, 0.4) is 0 Å². The molecule has 0 N–H and O–H groups in total. The lowest BCUT2D eigenvalue weighted by molar-refractivity contribution is 0.216. The molecule has 0 heterocycles. The van der Waals surface area contributed by atoms with Gasteiger partial charge in [0.15, 0.2) is 0 Å². The lowest BCUT2D eigenvalue weighted by atomic mass is 10.1. The van der Waals surface area contributed by atoms with Crippen LogP contribution in [0, 0.1) is 27.7 Å². The van der Waals surface area contributed by atoms with E-state index in [-0.39, 0.29) is 0 Å². The quantitative estimate of drug-likeness (QED) is 0.751. The molecule has 106 valence electrons. The fourth-order valence-electron chi connectivity index (χ4n) is 1.98. The summed E-state index contributed by atoms with van der Waals surface area (Å²) in [6.45, 7) is 9.42. The zero-order valence-corrected chi connectivity index (χ0v) is 12.7. The summed E-state index contributed by atoms with van der Waals surface area (Å²) < 4.78 is 11.5. The summed E-state index contributed by atoms with van der Waals surface area (Å²) in [6, 6.07) is 12.4. The van der Waals surface area contributed by atoms with Crippen LogP contribution in [0.2, 0.25) is 0 Å². The Hall–Kier alpha value is -1.96. The molecule has 0 aliphatic rings. The second-order valence-electron chi connectivity index (χ2n) is 5.21. The lowest BCUT2D eigenvalue weighted by Gasteiger charge is -2.11. The van der Waals surface area contributed by atoms with Crippen LogP contribution in [-0.2, 0) is 0 Å². The predicted octanol–water partition coefficient (Wildman–Crippen LogP) is 4.38. The Balaban J connectivity index is 1.84. The van der Waals surface area contributed by atoms with Crippen LogP contribution in [0.25, 0.3) is 0 Å². The molecule has 0 bridgehead atoms. The Morgan fingerprint density at radius 2 is 1.40 bits per heavy atom. The maximum atomic E-state index is 5.77. The third kappa shape index (κ3) is 3.77. The van der Waals surface area contributed by atoms with Crippen molar-refractivity contribution < 1.29 is 9.47 Å². The Bertz CT molecular complexity index is 588. The zero-order valence-electron chi connectivity index (χ0n) is 12.7. The fourth-order valence-corrected chi connectivity index (χ4v) is 1.98. The summed E-state index contributed by atoms with van der Waals surface area (Å²) in [5.41, 5.74) is 4.89. The van der Waals surface area contributed by atoms with E-state index in [4.69, 9.17) is 9.47 Å². The molecule has 0 spiro atoms. The van der Waals surface area contributed by atoms with E-state index in [9.17, 15) is 0 Å². The Morgan fingerprint density at radius 1 is 0.700 bits per heavy atom. The van der Waals surface area contributed by atoms with E-state index in [1.165, 1.54) is 16.7 Å². The van der Waals surface area contributed by atoms with Crippen molar-refractivity contribution in [3.05, 3.63) is 58.7 Å².